The first-order chi connectivity index (χ1) is 12.4. The Morgan fingerprint density at radius 2 is 2.12 bits per heavy atom. The first kappa shape index (κ1) is 18.1. The zero-order chi connectivity index (χ0) is 18.7. The third-order valence-corrected chi connectivity index (χ3v) is 4.12. The van der Waals surface area contributed by atoms with Crippen molar-refractivity contribution in [1.29, 1.82) is 0 Å². The number of amides is 1. The molecule has 2 aromatic heterocycles. The van der Waals surface area contributed by atoms with Crippen molar-refractivity contribution >= 4 is 16.9 Å². The van der Waals surface area contributed by atoms with Gasteiger partial charge in [0.15, 0.2) is 0 Å². The van der Waals surface area contributed by atoms with Crippen molar-refractivity contribution in [2.24, 2.45) is 0 Å². The number of nitrogens with zero attached hydrogens (tertiary/aromatic N) is 3. The molecule has 3 rings (SSSR count). The molecule has 0 saturated carbocycles. The quantitative estimate of drug-likeness (QED) is 0.681. The minimum atomic E-state index is -0.147. The van der Waals surface area contributed by atoms with E-state index >= 15 is 0 Å². The predicted molar refractivity (Wildman–Crippen MR) is 99.8 cm³/mol. The number of carbonyl (C=O) groups is 1. The van der Waals surface area contributed by atoms with E-state index in [0.717, 1.165) is 22.4 Å². The van der Waals surface area contributed by atoms with Gasteiger partial charge < -0.3 is 15.0 Å². The zero-order valence-electron chi connectivity index (χ0n) is 15.7. The standard InChI is InChI=1S/C19H25N5O2/c1-12-5-6-16-17(7-12)22-18(21-16)10-26-11-19(25)20-14(3)9-24-15(4)8-13(2)23-24/h5-8,14H,9-11H2,1-4H3,(H,20,25)(H,21,22). The van der Waals surface area contributed by atoms with Crippen molar-refractivity contribution in [3.8, 4) is 0 Å². The summed E-state index contributed by atoms with van der Waals surface area (Å²) in [5, 5.41) is 7.34. The maximum absolute atomic E-state index is 12.0. The van der Waals surface area contributed by atoms with Gasteiger partial charge in [0, 0.05) is 11.7 Å². The lowest BCUT2D eigenvalue weighted by molar-refractivity contribution is -0.126. The Bertz CT molecular complexity index is 912. The van der Waals surface area contributed by atoms with Crippen molar-refractivity contribution in [2.45, 2.75) is 46.9 Å². The van der Waals surface area contributed by atoms with Crippen LogP contribution in [0.1, 0.15) is 29.7 Å². The first-order valence-corrected chi connectivity index (χ1v) is 8.74. The van der Waals surface area contributed by atoms with Crippen molar-refractivity contribution in [3.63, 3.8) is 0 Å². The summed E-state index contributed by atoms with van der Waals surface area (Å²) in [5.74, 6) is 0.570. The van der Waals surface area contributed by atoms with E-state index in [4.69, 9.17) is 4.74 Å². The van der Waals surface area contributed by atoms with Crippen LogP contribution in [0.25, 0.3) is 11.0 Å². The highest BCUT2D eigenvalue weighted by atomic mass is 16.5. The summed E-state index contributed by atoms with van der Waals surface area (Å²) in [6, 6.07) is 8.02. The monoisotopic (exact) mass is 355 g/mol. The van der Waals surface area contributed by atoms with Crippen molar-refractivity contribution < 1.29 is 9.53 Å². The summed E-state index contributed by atoms with van der Waals surface area (Å²) in [6.45, 7) is 8.86. The molecule has 138 valence electrons. The van der Waals surface area contributed by atoms with E-state index in [0.29, 0.717) is 12.4 Å². The Kier molecular flexibility index (Phi) is 5.37. The van der Waals surface area contributed by atoms with Crippen LogP contribution in [-0.2, 0) is 22.7 Å². The highest BCUT2D eigenvalue weighted by Gasteiger charge is 2.11. The van der Waals surface area contributed by atoms with E-state index in [1.165, 1.54) is 5.56 Å². The molecule has 0 bridgehead atoms. The smallest absolute Gasteiger partial charge is 0.246 e. The molecule has 2 N–H and O–H groups in total. The Labute approximate surface area is 152 Å². The number of hydrogen-bond acceptors (Lipinski definition) is 4. The lowest BCUT2D eigenvalue weighted by Gasteiger charge is -2.15. The summed E-state index contributed by atoms with van der Waals surface area (Å²) in [6.07, 6.45) is 0. The normalized spacial score (nSPS) is 12.5. The Morgan fingerprint density at radius 1 is 1.31 bits per heavy atom. The number of fused-ring (bicyclic) bond motifs is 1. The van der Waals surface area contributed by atoms with Crippen LogP contribution in [0.5, 0.6) is 0 Å². The number of benzene rings is 1. The Hall–Kier alpha value is -2.67. The van der Waals surface area contributed by atoms with E-state index in [9.17, 15) is 4.79 Å². The van der Waals surface area contributed by atoms with Crippen molar-refractivity contribution in [2.75, 3.05) is 6.61 Å². The van der Waals surface area contributed by atoms with Gasteiger partial charge in [0.2, 0.25) is 5.91 Å². The van der Waals surface area contributed by atoms with E-state index in [1.54, 1.807) is 0 Å². The molecule has 0 radical (unpaired) electrons. The highest BCUT2D eigenvalue weighted by molar-refractivity contribution is 5.77. The Morgan fingerprint density at radius 3 is 2.85 bits per heavy atom. The maximum atomic E-state index is 12.0. The summed E-state index contributed by atoms with van der Waals surface area (Å²) >= 11 is 0. The fourth-order valence-electron chi connectivity index (χ4n) is 2.97. The fourth-order valence-corrected chi connectivity index (χ4v) is 2.97. The topological polar surface area (TPSA) is 84.8 Å². The van der Waals surface area contributed by atoms with Gasteiger partial charge in [-0.3, -0.25) is 9.48 Å². The van der Waals surface area contributed by atoms with Crippen LogP contribution in [0.2, 0.25) is 0 Å². The van der Waals surface area contributed by atoms with E-state index in [-0.39, 0.29) is 25.2 Å². The number of aromatic amines is 1. The molecule has 0 aliphatic rings. The van der Waals surface area contributed by atoms with Gasteiger partial charge in [0.25, 0.3) is 0 Å². The number of hydrogen-bond donors (Lipinski definition) is 2. The molecule has 2 heterocycles. The fraction of sp³-hybridized carbons (Fsp3) is 0.421. The van der Waals surface area contributed by atoms with Crippen LogP contribution < -0.4 is 5.32 Å². The minimum Gasteiger partial charge on any atom is -0.364 e. The number of aryl methyl sites for hydroxylation is 3. The molecule has 26 heavy (non-hydrogen) atoms. The molecule has 1 atom stereocenters. The number of ether oxygens (including phenoxy) is 1. The first-order valence-electron chi connectivity index (χ1n) is 8.74. The molecule has 7 nitrogen and oxygen atoms in total. The zero-order valence-corrected chi connectivity index (χ0v) is 15.7. The SMILES string of the molecule is Cc1ccc2nc(COCC(=O)NC(C)Cn3nc(C)cc3C)[nH]c2c1. The number of H-pyrrole nitrogens is 1. The summed E-state index contributed by atoms with van der Waals surface area (Å²) in [7, 11) is 0. The molecule has 7 heteroatoms. The van der Waals surface area contributed by atoms with Gasteiger partial charge in [-0.25, -0.2) is 4.98 Å². The van der Waals surface area contributed by atoms with Crippen LogP contribution in [-0.4, -0.2) is 38.3 Å². The molecule has 0 fully saturated rings. The molecule has 3 aromatic rings. The van der Waals surface area contributed by atoms with E-state index in [2.05, 4.69) is 20.4 Å². The van der Waals surface area contributed by atoms with Crippen LogP contribution in [0.4, 0.5) is 0 Å². The molecule has 1 amide bonds. The predicted octanol–water partition coefficient (Wildman–Crippen LogP) is 2.41. The highest BCUT2D eigenvalue weighted by Crippen LogP contribution is 2.13. The van der Waals surface area contributed by atoms with Gasteiger partial charge >= 0.3 is 0 Å². The summed E-state index contributed by atoms with van der Waals surface area (Å²) in [4.78, 5) is 19.7. The second kappa shape index (κ2) is 7.70. The lowest BCUT2D eigenvalue weighted by atomic mass is 10.2. The van der Waals surface area contributed by atoms with Crippen molar-refractivity contribution in [1.82, 2.24) is 25.1 Å². The largest absolute Gasteiger partial charge is 0.364 e. The number of aromatic nitrogens is 4. The third-order valence-electron chi connectivity index (χ3n) is 4.12. The van der Waals surface area contributed by atoms with E-state index in [1.807, 2.05) is 56.6 Å². The van der Waals surface area contributed by atoms with Crippen LogP contribution in [0.3, 0.4) is 0 Å². The van der Waals surface area contributed by atoms with Crippen LogP contribution in [0, 0.1) is 20.8 Å². The summed E-state index contributed by atoms with van der Waals surface area (Å²) < 4.78 is 7.39. The molecular weight excluding hydrogens is 330 g/mol. The van der Waals surface area contributed by atoms with Gasteiger partial charge in [0.1, 0.15) is 19.0 Å². The molecular formula is C19H25N5O2. The van der Waals surface area contributed by atoms with Gasteiger partial charge in [-0.05, 0) is 51.5 Å². The Balaban J connectivity index is 1.45. The second-order valence-electron chi connectivity index (χ2n) is 6.77. The average molecular weight is 355 g/mol. The van der Waals surface area contributed by atoms with Gasteiger partial charge in [0.05, 0.1) is 23.3 Å². The van der Waals surface area contributed by atoms with Crippen LogP contribution >= 0.6 is 0 Å². The van der Waals surface area contributed by atoms with Crippen LogP contribution in [0.15, 0.2) is 24.3 Å². The minimum absolute atomic E-state index is 0.00245. The van der Waals surface area contributed by atoms with Gasteiger partial charge in [-0.15, -0.1) is 0 Å². The third kappa shape index (κ3) is 4.49. The van der Waals surface area contributed by atoms with Gasteiger partial charge in [-0.1, -0.05) is 6.07 Å². The lowest BCUT2D eigenvalue weighted by Crippen LogP contribution is -2.38. The number of nitrogens with one attached hydrogen (secondary N) is 2. The molecule has 0 spiro atoms. The molecule has 1 unspecified atom stereocenters. The molecule has 0 aliphatic heterocycles. The average Bonchev–Trinajstić information content (AvgIpc) is 3.09. The van der Waals surface area contributed by atoms with Crippen molar-refractivity contribution in [3.05, 3.63) is 47.0 Å². The molecule has 0 saturated heterocycles. The number of rotatable bonds is 7. The van der Waals surface area contributed by atoms with Gasteiger partial charge in [-0.2, -0.15) is 5.10 Å². The number of imidazole rings is 1. The second-order valence-corrected chi connectivity index (χ2v) is 6.77. The molecule has 1 aromatic carbocycles. The summed E-state index contributed by atoms with van der Waals surface area (Å²) in [5.41, 5.74) is 5.11. The maximum Gasteiger partial charge on any atom is 0.246 e. The number of carbonyl (C=O) groups excluding carboxylic acids is 1. The van der Waals surface area contributed by atoms with E-state index < -0.39 is 0 Å². The molecule has 0 aliphatic carbocycles.